The predicted octanol–water partition coefficient (Wildman–Crippen LogP) is 1.48. The van der Waals surface area contributed by atoms with Crippen LogP contribution in [0.25, 0.3) is 10.9 Å². The summed E-state index contributed by atoms with van der Waals surface area (Å²) < 4.78 is 1.61. The fraction of sp³-hybridized carbons (Fsp3) is 0.400. The van der Waals surface area contributed by atoms with Crippen LogP contribution in [0.4, 0.5) is 0 Å². The number of carbonyl (C=O) groups is 1. The molecular formula is C15H17N3O2. The van der Waals surface area contributed by atoms with E-state index in [9.17, 15) is 9.59 Å². The van der Waals surface area contributed by atoms with Gasteiger partial charge in [0.2, 0.25) is 5.43 Å². The molecule has 2 aromatic rings. The minimum atomic E-state index is -0.265. The Morgan fingerprint density at radius 2 is 1.95 bits per heavy atom. The van der Waals surface area contributed by atoms with E-state index in [1.807, 2.05) is 25.1 Å². The fourth-order valence-electron chi connectivity index (χ4n) is 2.70. The molecule has 20 heavy (non-hydrogen) atoms. The maximum Gasteiger partial charge on any atom is 0.278 e. The van der Waals surface area contributed by atoms with E-state index in [1.54, 1.807) is 16.6 Å². The van der Waals surface area contributed by atoms with Crippen LogP contribution in [-0.4, -0.2) is 33.7 Å². The normalized spacial score (nSPS) is 15.0. The second kappa shape index (κ2) is 4.74. The second-order valence-electron chi connectivity index (χ2n) is 5.32. The number of aromatic nitrogens is 2. The number of benzene rings is 1. The van der Waals surface area contributed by atoms with Gasteiger partial charge in [0.25, 0.3) is 5.91 Å². The van der Waals surface area contributed by atoms with E-state index in [1.165, 1.54) is 0 Å². The number of hydrogen-bond donors (Lipinski definition) is 0. The average Bonchev–Trinajstić information content (AvgIpc) is 2.96. The zero-order valence-electron chi connectivity index (χ0n) is 11.7. The Kier molecular flexibility index (Phi) is 3.04. The van der Waals surface area contributed by atoms with Gasteiger partial charge < -0.3 is 4.90 Å². The van der Waals surface area contributed by atoms with Crippen molar-refractivity contribution in [2.24, 2.45) is 7.05 Å². The first-order valence-corrected chi connectivity index (χ1v) is 6.85. The summed E-state index contributed by atoms with van der Waals surface area (Å²) in [5, 5.41) is 4.75. The van der Waals surface area contributed by atoms with Gasteiger partial charge in [-0.2, -0.15) is 5.10 Å². The molecule has 0 bridgehead atoms. The minimum Gasteiger partial charge on any atom is -0.337 e. The lowest BCUT2D eigenvalue weighted by molar-refractivity contribution is 0.0783. The van der Waals surface area contributed by atoms with Gasteiger partial charge in [-0.05, 0) is 31.9 Å². The van der Waals surface area contributed by atoms with Crippen molar-refractivity contribution in [3.8, 4) is 0 Å². The molecule has 0 atom stereocenters. The van der Waals surface area contributed by atoms with Crippen LogP contribution in [0.5, 0.6) is 0 Å². The highest BCUT2D eigenvalue weighted by Gasteiger charge is 2.24. The summed E-state index contributed by atoms with van der Waals surface area (Å²) in [6.45, 7) is 3.37. The maximum absolute atomic E-state index is 12.5. The number of aryl methyl sites for hydroxylation is 2. The van der Waals surface area contributed by atoms with Crippen molar-refractivity contribution >= 4 is 16.8 Å². The molecule has 1 amide bonds. The highest BCUT2D eigenvalue weighted by Crippen LogP contribution is 2.14. The molecule has 0 N–H and O–H groups in total. The Hall–Kier alpha value is -2.17. The van der Waals surface area contributed by atoms with Gasteiger partial charge in [0.1, 0.15) is 0 Å². The Morgan fingerprint density at radius 3 is 2.65 bits per heavy atom. The maximum atomic E-state index is 12.5. The Morgan fingerprint density at radius 1 is 1.25 bits per heavy atom. The number of amides is 1. The number of nitrogens with zero attached hydrogens (tertiary/aromatic N) is 3. The molecule has 1 aliphatic heterocycles. The van der Waals surface area contributed by atoms with Gasteiger partial charge in [-0.3, -0.25) is 14.3 Å². The molecule has 5 heteroatoms. The molecule has 2 heterocycles. The first-order valence-electron chi connectivity index (χ1n) is 6.85. The third-order valence-electron chi connectivity index (χ3n) is 3.81. The zero-order valence-corrected chi connectivity index (χ0v) is 11.7. The molecule has 1 aromatic carbocycles. The van der Waals surface area contributed by atoms with Gasteiger partial charge >= 0.3 is 0 Å². The third kappa shape index (κ3) is 1.99. The largest absolute Gasteiger partial charge is 0.337 e. The van der Waals surface area contributed by atoms with Crippen LogP contribution in [0, 0.1) is 6.92 Å². The van der Waals surface area contributed by atoms with E-state index in [2.05, 4.69) is 5.10 Å². The van der Waals surface area contributed by atoms with E-state index in [0.29, 0.717) is 5.39 Å². The molecule has 0 unspecified atom stereocenters. The number of rotatable bonds is 1. The van der Waals surface area contributed by atoms with Crippen LogP contribution < -0.4 is 5.43 Å². The summed E-state index contributed by atoms with van der Waals surface area (Å²) in [6, 6.07) is 5.62. The lowest BCUT2D eigenvalue weighted by Gasteiger charge is -2.15. The molecule has 0 radical (unpaired) electrons. The van der Waals surface area contributed by atoms with Crippen LogP contribution in [0.15, 0.2) is 23.0 Å². The van der Waals surface area contributed by atoms with Crippen molar-refractivity contribution in [2.45, 2.75) is 19.8 Å². The van der Waals surface area contributed by atoms with Crippen LogP contribution in [0.3, 0.4) is 0 Å². The molecule has 1 fully saturated rings. The number of likely N-dealkylation sites (tertiary alicyclic amines) is 1. The van der Waals surface area contributed by atoms with Crippen molar-refractivity contribution in [1.29, 1.82) is 0 Å². The predicted molar refractivity (Wildman–Crippen MR) is 76.9 cm³/mol. The van der Waals surface area contributed by atoms with Crippen molar-refractivity contribution in [3.05, 3.63) is 39.7 Å². The standard InChI is InChI=1S/C15H17N3O2/c1-10-5-6-12-11(9-10)14(19)13(16-17(12)2)15(20)18-7-3-4-8-18/h5-6,9H,3-4,7-8H2,1-2H3. The summed E-state index contributed by atoms with van der Waals surface area (Å²) in [5.74, 6) is -0.244. The Labute approximate surface area is 116 Å². The van der Waals surface area contributed by atoms with Crippen LogP contribution in [0.2, 0.25) is 0 Å². The molecule has 1 aromatic heterocycles. The monoisotopic (exact) mass is 271 g/mol. The smallest absolute Gasteiger partial charge is 0.278 e. The first kappa shape index (κ1) is 12.8. The molecule has 3 rings (SSSR count). The van der Waals surface area contributed by atoms with Crippen LogP contribution >= 0.6 is 0 Å². The van der Waals surface area contributed by atoms with Crippen molar-refractivity contribution in [1.82, 2.24) is 14.7 Å². The summed E-state index contributed by atoms with van der Waals surface area (Å²) in [6.07, 6.45) is 2.00. The molecule has 0 saturated carbocycles. The second-order valence-corrected chi connectivity index (χ2v) is 5.32. The average molecular weight is 271 g/mol. The highest BCUT2D eigenvalue weighted by atomic mass is 16.2. The number of carbonyl (C=O) groups excluding carboxylic acids is 1. The van der Waals surface area contributed by atoms with Gasteiger partial charge in [-0.1, -0.05) is 11.6 Å². The molecule has 1 saturated heterocycles. The molecule has 1 aliphatic rings. The van der Waals surface area contributed by atoms with E-state index in [0.717, 1.165) is 37.0 Å². The molecular weight excluding hydrogens is 254 g/mol. The number of fused-ring (bicyclic) bond motifs is 1. The number of hydrogen-bond acceptors (Lipinski definition) is 3. The highest BCUT2D eigenvalue weighted by molar-refractivity contribution is 5.95. The quantitative estimate of drug-likeness (QED) is 0.789. The topological polar surface area (TPSA) is 55.2 Å². The van der Waals surface area contributed by atoms with Crippen molar-refractivity contribution in [3.63, 3.8) is 0 Å². The summed E-state index contributed by atoms with van der Waals surface area (Å²) >= 11 is 0. The summed E-state index contributed by atoms with van der Waals surface area (Å²) in [7, 11) is 1.76. The van der Waals surface area contributed by atoms with E-state index < -0.39 is 0 Å². The van der Waals surface area contributed by atoms with Crippen LogP contribution in [-0.2, 0) is 7.05 Å². The van der Waals surface area contributed by atoms with Gasteiger partial charge in [-0.25, -0.2) is 0 Å². The fourth-order valence-corrected chi connectivity index (χ4v) is 2.70. The lowest BCUT2D eigenvalue weighted by atomic mass is 10.1. The Balaban J connectivity index is 2.19. The van der Waals surface area contributed by atoms with Gasteiger partial charge in [0, 0.05) is 20.1 Å². The SMILES string of the molecule is Cc1ccc2c(c1)c(=O)c(C(=O)N1CCCC1)nn2C. The van der Waals surface area contributed by atoms with Crippen molar-refractivity contribution in [2.75, 3.05) is 13.1 Å². The van der Waals surface area contributed by atoms with E-state index in [-0.39, 0.29) is 17.0 Å². The molecule has 0 aliphatic carbocycles. The van der Waals surface area contributed by atoms with E-state index >= 15 is 0 Å². The first-order chi connectivity index (χ1) is 9.58. The third-order valence-corrected chi connectivity index (χ3v) is 3.81. The van der Waals surface area contributed by atoms with Gasteiger partial charge in [-0.15, -0.1) is 0 Å². The molecule has 104 valence electrons. The van der Waals surface area contributed by atoms with Crippen LogP contribution in [0.1, 0.15) is 28.9 Å². The van der Waals surface area contributed by atoms with Crippen molar-refractivity contribution < 1.29 is 4.79 Å². The van der Waals surface area contributed by atoms with E-state index in [4.69, 9.17) is 0 Å². The minimum absolute atomic E-state index is 0.0347. The van der Waals surface area contributed by atoms with Gasteiger partial charge in [0.05, 0.1) is 10.9 Å². The molecule has 5 nitrogen and oxygen atoms in total. The lowest BCUT2D eigenvalue weighted by Crippen LogP contribution is -2.34. The summed E-state index contributed by atoms with van der Waals surface area (Å²) in [5.41, 5.74) is 1.52. The Bertz CT molecular complexity index is 743. The molecule has 0 spiro atoms. The summed E-state index contributed by atoms with van der Waals surface area (Å²) in [4.78, 5) is 26.6. The zero-order chi connectivity index (χ0) is 14.3. The van der Waals surface area contributed by atoms with Gasteiger partial charge in [0.15, 0.2) is 5.69 Å².